The first-order valence-electron chi connectivity index (χ1n) is 12.2. The first-order chi connectivity index (χ1) is 16.3. The number of amides is 1. The van der Waals surface area contributed by atoms with Gasteiger partial charge in [-0.3, -0.25) is 4.79 Å². The second-order valence-corrected chi connectivity index (χ2v) is 9.94. The monoisotopic (exact) mass is 467 g/mol. The van der Waals surface area contributed by atoms with Crippen molar-refractivity contribution < 1.29 is 23.9 Å². The van der Waals surface area contributed by atoms with Crippen molar-refractivity contribution in [3.8, 4) is 0 Å². The second kappa shape index (κ2) is 10.2. The van der Waals surface area contributed by atoms with Crippen molar-refractivity contribution >= 4 is 11.9 Å². The number of carbonyl (C=O) groups is 2. The Morgan fingerprint density at radius 2 is 1.76 bits per heavy atom. The Morgan fingerprint density at radius 1 is 1.09 bits per heavy atom. The zero-order valence-electron chi connectivity index (χ0n) is 19.8. The number of likely N-dealkylation sites (tertiary alicyclic amines) is 1. The lowest BCUT2D eigenvalue weighted by atomic mass is 9.73. The molecule has 1 saturated heterocycles. The quantitative estimate of drug-likeness (QED) is 0.478. The second-order valence-electron chi connectivity index (χ2n) is 9.94. The summed E-state index contributed by atoms with van der Waals surface area (Å²) >= 11 is 0. The molecule has 1 aromatic carbocycles. The molecule has 0 radical (unpaired) electrons. The number of rotatable bonds is 7. The summed E-state index contributed by atoms with van der Waals surface area (Å²) in [6.45, 7) is 1.20. The molecule has 2 aliphatic rings. The van der Waals surface area contributed by atoms with Crippen LogP contribution in [0.25, 0.3) is 0 Å². The van der Waals surface area contributed by atoms with Crippen LogP contribution in [0.15, 0.2) is 48.9 Å². The fourth-order valence-corrected chi connectivity index (χ4v) is 5.72. The Kier molecular flexibility index (Phi) is 7.28. The van der Waals surface area contributed by atoms with E-state index in [0.29, 0.717) is 41.7 Å². The van der Waals surface area contributed by atoms with Crippen LogP contribution in [0.4, 0.5) is 0 Å². The molecule has 1 saturated carbocycles. The van der Waals surface area contributed by atoms with Crippen molar-refractivity contribution in [1.82, 2.24) is 9.97 Å². The number of aliphatic hydroxyl groups is 1. The Morgan fingerprint density at radius 3 is 2.35 bits per heavy atom. The number of benzene rings is 1. The fraction of sp³-hybridized carbons (Fsp3) is 0.538. The molecule has 1 aliphatic heterocycles. The van der Waals surface area contributed by atoms with E-state index in [1.165, 1.54) is 6.33 Å². The van der Waals surface area contributed by atoms with E-state index in [-0.39, 0.29) is 12.0 Å². The number of likely N-dealkylation sites (N-methyl/N-ethyl adjacent to an activating group) is 1. The van der Waals surface area contributed by atoms with Gasteiger partial charge in [0.2, 0.25) is 6.04 Å². The summed E-state index contributed by atoms with van der Waals surface area (Å²) < 4.78 is 6.36. The lowest BCUT2D eigenvalue weighted by Crippen LogP contribution is -2.57. The minimum Gasteiger partial charge on any atom is -0.460 e. The van der Waals surface area contributed by atoms with Gasteiger partial charge in [0.1, 0.15) is 18.1 Å². The van der Waals surface area contributed by atoms with Gasteiger partial charge in [0.25, 0.3) is 5.91 Å². The van der Waals surface area contributed by atoms with Crippen molar-refractivity contribution in [1.29, 1.82) is 0 Å². The molecule has 2 unspecified atom stereocenters. The van der Waals surface area contributed by atoms with Crippen LogP contribution >= 0.6 is 0 Å². The SMILES string of the molecule is C[N+]1(C(C(N)=O)c2ccncn2)CCC(OC(=O)C(O)(c2ccccc2)C2CCCCC2)CC1. The number of esters is 1. The maximum Gasteiger partial charge on any atom is 0.343 e. The van der Waals surface area contributed by atoms with Crippen molar-refractivity contribution in [2.75, 3.05) is 20.1 Å². The van der Waals surface area contributed by atoms with Crippen molar-refractivity contribution in [3.63, 3.8) is 0 Å². The van der Waals surface area contributed by atoms with Gasteiger partial charge in [-0.15, -0.1) is 0 Å². The lowest BCUT2D eigenvalue weighted by Gasteiger charge is -2.44. The molecule has 2 heterocycles. The highest BCUT2D eigenvalue weighted by molar-refractivity contribution is 5.82. The highest BCUT2D eigenvalue weighted by Gasteiger charge is 2.49. The van der Waals surface area contributed by atoms with Crippen LogP contribution in [0.5, 0.6) is 0 Å². The van der Waals surface area contributed by atoms with Crippen LogP contribution in [0.3, 0.4) is 0 Å². The summed E-state index contributed by atoms with van der Waals surface area (Å²) in [5, 5.41) is 11.8. The van der Waals surface area contributed by atoms with E-state index >= 15 is 0 Å². The van der Waals surface area contributed by atoms with Crippen LogP contribution in [0, 0.1) is 5.92 Å². The largest absolute Gasteiger partial charge is 0.460 e. The predicted molar refractivity (Wildman–Crippen MR) is 126 cm³/mol. The molecule has 1 amide bonds. The number of nitrogens with two attached hydrogens (primary N) is 1. The molecule has 8 heteroatoms. The number of nitrogens with zero attached hydrogens (tertiary/aromatic N) is 3. The molecule has 1 aliphatic carbocycles. The summed E-state index contributed by atoms with van der Waals surface area (Å²) in [5.74, 6) is -1.15. The Hall–Kier alpha value is -2.84. The molecular weight excluding hydrogens is 432 g/mol. The summed E-state index contributed by atoms with van der Waals surface area (Å²) in [4.78, 5) is 34.0. The number of hydrogen-bond acceptors (Lipinski definition) is 6. The van der Waals surface area contributed by atoms with Gasteiger partial charge in [0, 0.05) is 25.0 Å². The fourth-order valence-electron chi connectivity index (χ4n) is 5.72. The van der Waals surface area contributed by atoms with E-state index in [4.69, 9.17) is 10.5 Å². The average molecular weight is 468 g/mol. The van der Waals surface area contributed by atoms with Gasteiger partial charge in [-0.25, -0.2) is 14.8 Å². The number of primary amides is 1. The molecule has 8 nitrogen and oxygen atoms in total. The molecule has 0 spiro atoms. The Bertz CT molecular complexity index is 973. The summed E-state index contributed by atoms with van der Waals surface area (Å²) in [6.07, 6.45) is 8.60. The summed E-state index contributed by atoms with van der Waals surface area (Å²) in [5.41, 5.74) is 5.32. The minimum atomic E-state index is -1.64. The summed E-state index contributed by atoms with van der Waals surface area (Å²) in [7, 11) is 1.98. The molecule has 2 fully saturated rings. The molecule has 182 valence electrons. The third-order valence-electron chi connectivity index (χ3n) is 7.70. The van der Waals surface area contributed by atoms with E-state index in [9.17, 15) is 14.7 Å². The topological polar surface area (TPSA) is 115 Å². The van der Waals surface area contributed by atoms with E-state index in [2.05, 4.69) is 9.97 Å². The van der Waals surface area contributed by atoms with Crippen LogP contribution in [0.1, 0.15) is 62.2 Å². The number of piperidine rings is 1. The third kappa shape index (κ3) is 4.83. The van der Waals surface area contributed by atoms with Crippen molar-refractivity contribution in [2.24, 2.45) is 11.7 Å². The molecule has 2 aromatic rings. The number of quaternary nitrogens is 1. The van der Waals surface area contributed by atoms with Crippen LogP contribution in [-0.4, -0.2) is 57.7 Å². The molecule has 34 heavy (non-hydrogen) atoms. The van der Waals surface area contributed by atoms with Gasteiger partial charge < -0.3 is 20.1 Å². The highest BCUT2D eigenvalue weighted by Crippen LogP contribution is 2.41. The first-order valence-corrected chi connectivity index (χ1v) is 12.2. The number of aromatic nitrogens is 2. The average Bonchev–Trinajstić information content (AvgIpc) is 2.86. The maximum atomic E-state index is 13.5. The minimum absolute atomic E-state index is 0.155. The van der Waals surface area contributed by atoms with Gasteiger partial charge in [-0.05, 0) is 24.5 Å². The molecule has 4 rings (SSSR count). The van der Waals surface area contributed by atoms with Crippen molar-refractivity contribution in [3.05, 3.63) is 60.2 Å². The van der Waals surface area contributed by atoms with Crippen LogP contribution in [0.2, 0.25) is 0 Å². The van der Waals surface area contributed by atoms with Gasteiger partial charge in [-0.2, -0.15) is 0 Å². The number of carbonyl (C=O) groups excluding carboxylic acids is 2. The standard InChI is InChI=1S/C26H34N4O4/c1-30(23(24(27)31)22-12-15-28-18-29-22)16-13-21(14-17-30)34-25(32)26(33,19-8-4-2-5-9-19)20-10-6-3-7-11-20/h2,4-5,8-9,12,15,18,20-21,23,33H,3,6-7,10-11,13-14,16-17H2,1H3,(H-,27,31)/p+1. The van der Waals surface area contributed by atoms with Gasteiger partial charge in [0.05, 0.1) is 20.1 Å². The zero-order valence-corrected chi connectivity index (χ0v) is 19.8. The van der Waals surface area contributed by atoms with Gasteiger partial charge >= 0.3 is 5.97 Å². The zero-order chi connectivity index (χ0) is 24.2. The Balaban J connectivity index is 1.48. The summed E-state index contributed by atoms with van der Waals surface area (Å²) in [6, 6.07) is 10.3. The molecule has 0 bridgehead atoms. The van der Waals surface area contributed by atoms with Crippen LogP contribution < -0.4 is 5.73 Å². The number of hydrogen-bond donors (Lipinski definition) is 2. The van der Waals surface area contributed by atoms with E-state index in [0.717, 1.165) is 32.1 Å². The van der Waals surface area contributed by atoms with E-state index < -0.39 is 23.5 Å². The Labute approximate surface area is 200 Å². The van der Waals surface area contributed by atoms with Crippen molar-refractivity contribution in [2.45, 2.75) is 62.7 Å². The molecule has 2 atom stereocenters. The van der Waals surface area contributed by atoms with E-state index in [1.807, 2.05) is 37.4 Å². The van der Waals surface area contributed by atoms with Crippen LogP contribution in [-0.2, 0) is 19.9 Å². The van der Waals surface area contributed by atoms with Gasteiger partial charge in [0.15, 0.2) is 5.60 Å². The molecule has 3 N–H and O–H groups in total. The van der Waals surface area contributed by atoms with E-state index in [1.54, 1.807) is 12.3 Å². The highest BCUT2D eigenvalue weighted by atomic mass is 16.6. The first kappa shape index (κ1) is 24.3. The maximum absolute atomic E-state index is 13.5. The smallest absolute Gasteiger partial charge is 0.343 e. The molecular formula is C26H35N4O4+. The normalized spacial score (nSPS) is 26.2. The predicted octanol–water partition coefficient (Wildman–Crippen LogP) is 2.62. The van der Waals surface area contributed by atoms with Gasteiger partial charge in [-0.1, -0.05) is 49.6 Å². The molecule has 1 aromatic heterocycles. The lowest BCUT2D eigenvalue weighted by molar-refractivity contribution is -0.935. The third-order valence-corrected chi connectivity index (χ3v) is 7.70. The number of ether oxygens (including phenoxy) is 1.